The Bertz CT molecular complexity index is 1250. The van der Waals surface area contributed by atoms with Crippen molar-refractivity contribution < 1.29 is 19.3 Å². The van der Waals surface area contributed by atoms with Crippen LogP contribution < -0.4 is 5.32 Å². The molecular weight excluding hydrogens is 398 g/mol. The zero-order valence-electron chi connectivity index (χ0n) is 16.0. The third-order valence-electron chi connectivity index (χ3n) is 5.62. The molecule has 3 aromatic carbocycles. The molecule has 1 amide bonds. The van der Waals surface area contributed by atoms with E-state index in [0.29, 0.717) is 22.4 Å². The number of rotatable bonds is 4. The van der Waals surface area contributed by atoms with Crippen molar-refractivity contribution in [3.8, 4) is 0 Å². The number of oxime groups is 1. The molecule has 0 saturated carbocycles. The molecule has 2 heterocycles. The van der Waals surface area contributed by atoms with E-state index in [4.69, 9.17) is 4.84 Å². The monoisotopic (exact) mass is 413 g/mol. The van der Waals surface area contributed by atoms with Gasteiger partial charge in [0.25, 0.3) is 5.69 Å². The van der Waals surface area contributed by atoms with Gasteiger partial charge in [-0.1, -0.05) is 53.7 Å². The predicted molar refractivity (Wildman–Crippen MR) is 112 cm³/mol. The Morgan fingerprint density at radius 2 is 1.68 bits per heavy atom. The number of ketones is 1. The molecular formula is C23H15N3O5. The quantitative estimate of drug-likeness (QED) is 0.400. The average Bonchev–Trinajstić information content (AvgIpc) is 3.33. The second kappa shape index (κ2) is 6.88. The maximum absolute atomic E-state index is 13.4. The molecule has 152 valence electrons. The highest BCUT2D eigenvalue weighted by molar-refractivity contribution is 6.31. The minimum Gasteiger partial charge on any atom is -0.382 e. The van der Waals surface area contributed by atoms with Crippen molar-refractivity contribution in [3.63, 3.8) is 0 Å². The standard InChI is InChI=1S/C23H15N3O5/c27-19(14-6-2-1-3-7-14)21-23(17-8-4-5-9-18(17)24-22(23)28)20(25-31-21)15-10-12-16(13-11-15)26(29)30/h1-13,21H,(H,24,28)/t21-,23+/m0/s1. The Kier molecular flexibility index (Phi) is 4.14. The van der Waals surface area contributed by atoms with Gasteiger partial charge in [-0.2, -0.15) is 0 Å². The summed E-state index contributed by atoms with van der Waals surface area (Å²) in [7, 11) is 0. The first-order valence-electron chi connectivity index (χ1n) is 9.53. The van der Waals surface area contributed by atoms with E-state index in [1.165, 1.54) is 24.3 Å². The van der Waals surface area contributed by atoms with Crippen LogP contribution in [0.25, 0.3) is 0 Å². The third-order valence-corrected chi connectivity index (χ3v) is 5.62. The fourth-order valence-corrected chi connectivity index (χ4v) is 4.17. The first-order chi connectivity index (χ1) is 15.0. The van der Waals surface area contributed by atoms with Crippen LogP contribution in [-0.4, -0.2) is 28.4 Å². The van der Waals surface area contributed by atoms with Crippen LogP contribution in [0.5, 0.6) is 0 Å². The van der Waals surface area contributed by atoms with Gasteiger partial charge in [0.05, 0.1) is 4.92 Å². The Morgan fingerprint density at radius 3 is 2.39 bits per heavy atom. The Hall–Kier alpha value is -4.33. The van der Waals surface area contributed by atoms with Crippen molar-refractivity contribution in [2.45, 2.75) is 11.5 Å². The Morgan fingerprint density at radius 1 is 1.00 bits per heavy atom. The number of nitrogens with one attached hydrogen (secondary N) is 1. The van der Waals surface area contributed by atoms with Crippen LogP contribution in [0, 0.1) is 10.1 Å². The highest BCUT2D eigenvalue weighted by Gasteiger charge is 2.63. The van der Waals surface area contributed by atoms with Crippen LogP contribution in [0.1, 0.15) is 21.5 Å². The van der Waals surface area contributed by atoms with E-state index in [9.17, 15) is 19.7 Å². The number of non-ortho nitro benzene ring substituents is 1. The molecule has 1 spiro atoms. The van der Waals surface area contributed by atoms with Crippen molar-refractivity contribution in [3.05, 3.63) is 106 Å². The Balaban J connectivity index is 1.69. The van der Waals surface area contributed by atoms with Gasteiger partial charge in [-0.25, -0.2) is 0 Å². The third kappa shape index (κ3) is 2.65. The van der Waals surface area contributed by atoms with Gasteiger partial charge in [-0.05, 0) is 18.2 Å². The number of carbonyl (C=O) groups is 2. The van der Waals surface area contributed by atoms with E-state index in [0.717, 1.165) is 0 Å². The van der Waals surface area contributed by atoms with E-state index in [2.05, 4.69) is 10.5 Å². The lowest BCUT2D eigenvalue weighted by Crippen LogP contribution is -2.52. The highest BCUT2D eigenvalue weighted by Crippen LogP contribution is 2.48. The number of para-hydroxylation sites is 1. The van der Waals surface area contributed by atoms with Gasteiger partial charge in [-0.3, -0.25) is 19.7 Å². The topological polar surface area (TPSA) is 111 Å². The van der Waals surface area contributed by atoms with Gasteiger partial charge >= 0.3 is 0 Å². The van der Waals surface area contributed by atoms with Crippen LogP contribution in [0.15, 0.2) is 84.0 Å². The van der Waals surface area contributed by atoms with Crippen LogP contribution in [-0.2, 0) is 15.0 Å². The number of carbonyl (C=O) groups excluding carboxylic acids is 2. The number of hydrogen-bond donors (Lipinski definition) is 1. The van der Waals surface area contributed by atoms with Crippen LogP contribution in [0.2, 0.25) is 0 Å². The molecule has 3 aromatic rings. The molecule has 1 N–H and O–H groups in total. The van der Waals surface area contributed by atoms with Crippen molar-refractivity contribution in [2.75, 3.05) is 5.32 Å². The van der Waals surface area contributed by atoms with Crippen LogP contribution in [0.4, 0.5) is 11.4 Å². The second-order valence-electron chi connectivity index (χ2n) is 7.27. The number of nitro benzene ring substituents is 1. The summed E-state index contributed by atoms with van der Waals surface area (Å²) >= 11 is 0. The van der Waals surface area contributed by atoms with Crippen molar-refractivity contribution in [1.82, 2.24) is 0 Å². The second-order valence-corrected chi connectivity index (χ2v) is 7.27. The SMILES string of the molecule is O=C(c1ccccc1)[C@@H]1ON=C(c2ccc([N+](=O)[O-])cc2)[C@@]12C(=O)Nc1ccccc12. The first kappa shape index (κ1) is 18.7. The minimum absolute atomic E-state index is 0.0921. The van der Waals surface area contributed by atoms with Gasteiger partial charge < -0.3 is 10.2 Å². The molecule has 0 saturated heterocycles. The van der Waals surface area contributed by atoms with Crippen molar-refractivity contribution >= 4 is 28.8 Å². The van der Waals surface area contributed by atoms with E-state index >= 15 is 0 Å². The summed E-state index contributed by atoms with van der Waals surface area (Å²) in [5.41, 5.74) is 0.622. The number of benzene rings is 3. The first-order valence-corrected chi connectivity index (χ1v) is 9.53. The zero-order valence-corrected chi connectivity index (χ0v) is 16.0. The van der Waals surface area contributed by atoms with Crippen LogP contribution in [0.3, 0.4) is 0 Å². The molecule has 0 aliphatic carbocycles. The lowest BCUT2D eigenvalue weighted by Gasteiger charge is -2.27. The molecule has 0 aromatic heterocycles. The smallest absolute Gasteiger partial charge is 0.269 e. The highest BCUT2D eigenvalue weighted by atomic mass is 16.6. The number of anilines is 1. The number of fused-ring (bicyclic) bond motifs is 2. The molecule has 2 aliphatic heterocycles. The van der Waals surface area contributed by atoms with Gasteiger partial charge in [0, 0.05) is 34.5 Å². The van der Waals surface area contributed by atoms with Crippen molar-refractivity contribution in [2.24, 2.45) is 5.16 Å². The summed E-state index contributed by atoms with van der Waals surface area (Å²) in [6.07, 6.45) is -1.22. The largest absolute Gasteiger partial charge is 0.382 e. The summed E-state index contributed by atoms with van der Waals surface area (Å²) in [5.74, 6) is -0.814. The zero-order chi connectivity index (χ0) is 21.6. The molecule has 0 bridgehead atoms. The minimum atomic E-state index is -1.51. The lowest BCUT2D eigenvalue weighted by molar-refractivity contribution is -0.384. The Labute approximate surface area is 176 Å². The number of nitro groups is 1. The predicted octanol–water partition coefficient (Wildman–Crippen LogP) is 3.47. The van der Waals surface area contributed by atoms with Gasteiger partial charge in [0.1, 0.15) is 5.71 Å². The molecule has 8 nitrogen and oxygen atoms in total. The molecule has 2 atom stereocenters. The fraction of sp³-hybridized carbons (Fsp3) is 0.0870. The van der Waals surface area contributed by atoms with E-state index in [-0.39, 0.29) is 17.2 Å². The number of hydrogen-bond acceptors (Lipinski definition) is 6. The van der Waals surface area contributed by atoms with Crippen LogP contribution >= 0.6 is 0 Å². The summed E-state index contributed by atoms with van der Waals surface area (Å²) in [6, 6.07) is 21.3. The van der Waals surface area contributed by atoms with Gasteiger partial charge in [0.2, 0.25) is 17.8 Å². The normalized spacial score (nSPS) is 21.2. The van der Waals surface area contributed by atoms with Crippen molar-refractivity contribution in [1.29, 1.82) is 0 Å². The molecule has 0 fully saturated rings. The average molecular weight is 413 g/mol. The number of nitrogens with zero attached hydrogens (tertiary/aromatic N) is 2. The number of amides is 1. The summed E-state index contributed by atoms with van der Waals surface area (Å²) in [6.45, 7) is 0. The van der Waals surface area contributed by atoms with E-state index in [1.54, 1.807) is 54.6 Å². The summed E-state index contributed by atoms with van der Waals surface area (Å²) in [5, 5.41) is 18.0. The molecule has 0 radical (unpaired) electrons. The van der Waals surface area contributed by atoms with E-state index in [1.807, 2.05) is 0 Å². The summed E-state index contributed by atoms with van der Waals surface area (Å²) < 4.78 is 0. The molecule has 0 unspecified atom stereocenters. The number of Topliss-reactive ketones (excluding diaryl/α,β-unsaturated/α-hetero) is 1. The maximum atomic E-state index is 13.4. The summed E-state index contributed by atoms with van der Waals surface area (Å²) in [4.78, 5) is 43.0. The molecule has 5 rings (SSSR count). The van der Waals surface area contributed by atoms with Gasteiger partial charge in [-0.15, -0.1) is 0 Å². The van der Waals surface area contributed by atoms with Gasteiger partial charge in [0.15, 0.2) is 5.41 Å². The van der Waals surface area contributed by atoms with E-state index < -0.39 is 22.3 Å². The molecule has 31 heavy (non-hydrogen) atoms. The molecule has 2 aliphatic rings. The maximum Gasteiger partial charge on any atom is 0.269 e. The fourth-order valence-electron chi connectivity index (χ4n) is 4.17. The lowest BCUT2D eigenvalue weighted by atomic mass is 9.69. The molecule has 8 heteroatoms.